The fourth-order valence-electron chi connectivity index (χ4n) is 1.80. The van der Waals surface area contributed by atoms with Gasteiger partial charge in [0.05, 0.1) is 17.4 Å². The molecule has 0 spiro atoms. The van der Waals surface area contributed by atoms with Crippen LogP contribution in [0.2, 0.25) is 0 Å². The Kier molecular flexibility index (Phi) is 4.77. The highest BCUT2D eigenvalue weighted by Gasteiger charge is 2.21. The molecule has 20 heavy (non-hydrogen) atoms. The third kappa shape index (κ3) is 3.59. The van der Waals surface area contributed by atoms with E-state index >= 15 is 0 Å². The summed E-state index contributed by atoms with van der Waals surface area (Å²) >= 11 is 6.22. The molecule has 0 aliphatic carbocycles. The zero-order chi connectivity index (χ0) is 14.5. The number of anilines is 1. The Bertz CT molecular complexity index is 632. The third-order valence-electron chi connectivity index (χ3n) is 2.74. The molecule has 4 nitrogen and oxygen atoms in total. The van der Waals surface area contributed by atoms with Gasteiger partial charge in [0.15, 0.2) is 0 Å². The lowest BCUT2D eigenvalue weighted by Gasteiger charge is -2.08. The van der Waals surface area contributed by atoms with E-state index in [1.165, 1.54) is 11.8 Å². The number of aryl methyl sites for hydroxylation is 1. The van der Waals surface area contributed by atoms with Gasteiger partial charge in [-0.1, -0.05) is 30.0 Å². The van der Waals surface area contributed by atoms with Crippen LogP contribution in [0.5, 0.6) is 0 Å². The highest BCUT2D eigenvalue weighted by molar-refractivity contribution is 8.26. The Morgan fingerprint density at radius 3 is 2.95 bits per heavy atom. The van der Waals surface area contributed by atoms with E-state index in [9.17, 15) is 4.79 Å². The van der Waals surface area contributed by atoms with Crippen LogP contribution in [0.3, 0.4) is 0 Å². The fraction of sp³-hybridized carbons (Fsp3) is 0.214. The lowest BCUT2D eigenvalue weighted by atomic mass is 10.1. The highest BCUT2D eigenvalue weighted by atomic mass is 32.2. The molecule has 0 unspecified atom stereocenters. The number of hydrogen-bond donors (Lipinski definition) is 2. The van der Waals surface area contributed by atoms with Gasteiger partial charge in [0, 0.05) is 12.2 Å². The first kappa shape index (κ1) is 14.6. The molecule has 0 bridgehead atoms. The lowest BCUT2D eigenvalue weighted by molar-refractivity contribution is -0.115. The monoisotopic (exact) mass is 303 g/mol. The highest BCUT2D eigenvalue weighted by Crippen LogP contribution is 2.27. The number of nitriles is 1. The molecule has 1 aromatic rings. The van der Waals surface area contributed by atoms with Crippen molar-refractivity contribution in [3.05, 3.63) is 34.2 Å². The fourth-order valence-corrected chi connectivity index (χ4v) is 2.84. The maximum absolute atomic E-state index is 11.6. The molecule has 0 atom stereocenters. The molecular weight excluding hydrogens is 290 g/mol. The molecule has 1 aliphatic rings. The standard InChI is InChI=1S/C14H13N3OS2/c1-9-7-10(3-4-11(9)16-6-2-5-15)8-12-13(18)17-14(19)20-12/h3-4,7-8,16H,2,6H2,1H3,(H,17,18,19)/b12-8-. The average Bonchev–Trinajstić information content (AvgIpc) is 2.71. The minimum atomic E-state index is -0.145. The van der Waals surface area contributed by atoms with Crippen LogP contribution in [-0.4, -0.2) is 16.8 Å². The largest absolute Gasteiger partial charge is 0.384 e. The van der Waals surface area contributed by atoms with Gasteiger partial charge < -0.3 is 10.6 Å². The molecule has 0 radical (unpaired) electrons. The van der Waals surface area contributed by atoms with E-state index in [1.807, 2.05) is 31.2 Å². The van der Waals surface area contributed by atoms with E-state index < -0.39 is 0 Å². The number of nitrogens with one attached hydrogen (secondary N) is 2. The summed E-state index contributed by atoms with van der Waals surface area (Å²) in [4.78, 5) is 12.2. The first-order valence-electron chi connectivity index (χ1n) is 6.06. The van der Waals surface area contributed by atoms with Gasteiger partial charge in [-0.2, -0.15) is 5.26 Å². The number of amides is 1. The van der Waals surface area contributed by atoms with E-state index in [0.29, 0.717) is 22.2 Å². The van der Waals surface area contributed by atoms with Crippen molar-refractivity contribution in [1.82, 2.24) is 5.32 Å². The van der Waals surface area contributed by atoms with E-state index in [2.05, 4.69) is 16.7 Å². The molecule has 1 heterocycles. The Labute approximate surface area is 127 Å². The number of rotatable bonds is 4. The first-order valence-corrected chi connectivity index (χ1v) is 7.29. The van der Waals surface area contributed by atoms with Crippen LogP contribution in [0.15, 0.2) is 23.1 Å². The van der Waals surface area contributed by atoms with Crippen molar-refractivity contribution in [2.75, 3.05) is 11.9 Å². The molecule has 0 saturated carbocycles. The van der Waals surface area contributed by atoms with Gasteiger partial charge in [0.1, 0.15) is 4.32 Å². The molecule has 1 fully saturated rings. The molecule has 2 N–H and O–H groups in total. The number of benzene rings is 1. The van der Waals surface area contributed by atoms with Crippen molar-refractivity contribution in [2.45, 2.75) is 13.3 Å². The van der Waals surface area contributed by atoms with Crippen LogP contribution in [-0.2, 0) is 4.79 Å². The quantitative estimate of drug-likeness (QED) is 0.509. The first-order chi connectivity index (χ1) is 9.60. The summed E-state index contributed by atoms with van der Waals surface area (Å²) in [7, 11) is 0. The van der Waals surface area contributed by atoms with Crippen molar-refractivity contribution >= 4 is 46.0 Å². The molecule has 1 aliphatic heterocycles. The van der Waals surface area contributed by atoms with Crippen LogP contribution >= 0.6 is 24.0 Å². The van der Waals surface area contributed by atoms with Crippen LogP contribution in [0.4, 0.5) is 5.69 Å². The second kappa shape index (κ2) is 6.55. The number of carbonyl (C=O) groups excluding carboxylic acids is 1. The maximum atomic E-state index is 11.6. The molecule has 102 valence electrons. The van der Waals surface area contributed by atoms with Crippen molar-refractivity contribution in [2.24, 2.45) is 0 Å². The molecule has 1 amide bonds. The molecule has 2 rings (SSSR count). The van der Waals surface area contributed by atoms with Crippen molar-refractivity contribution < 1.29 is 4.79 Å². The van der Waals surface area contributed by atoms with E-state index in [4.69, 9.17) is 17.5 Å². The Balaban J connectivity index is 2.13. The van der Waals surface area contributed by atoms with Crippen molar-refractivity contribution in [3.8, 4) is 6.07 Å². The maximum Gasteiger partial charge on any atom is 0.263 e. The van der Waals surface area contributed by atoms with Crippen LogP contribution in [0, 0.1) is 18.3 Å². The van der Waals surface area contributed by atoms with E-state index in [0.717, 1.165) is 16.8 Å². The van der Waals surface area contributed by atoms with Crippen LogP contribution in [0.1, 0.15) is 17.5 Å². The van der Waals surface area contributed by atoms with Gasteiger partial charge in [-0.25, -0.2) is 0 Å². The van der Waals surface area contributed by atoms with Gasteiger partial charge >= 0.3 is 0 Å². The van der Waals surface area contributed by atoms with Gasteiger partial charge in [-0.05, 0) is 36.3 Å². The number of thiocarbonyl (C=S) groups is 1. The summed E-state index contributed by atoms with van der Waals surface area (Å²) in [6, 6.07) is 7.98. The van der Waals surface area contributed by atoms with Gasteiger partial charge in [0.2, 0.25) is 0 Å². The summed E-state index contributed by atoms with van der Waals surface area (Å²) in [6.45, 7) is 2.62. The Hall–Kier alpha value is -1.84. The van der Waals surface area contributed by atoms with Crippen LogP contribution < -0.4 is 10.6 Å². The minimum Gasteiger partial charge on any atom is -0.384 e. The smallest absolute Gasteiger partial charge is 0.263 e. The van der Waals surface area contributed by atoms with Crippen LogP contribution in [0.25, 0.3) is 6.08 Å². The number of hydrogen-bond acceptors (Lipinski definition) is 5. The molecule has 1 aromatic carbocycles. The number of carbonyl (C=O) groups is 1. The normalized spacial score (nSPS) is 16.1. The molecule has 1 saturated heterocycles. The van der Waals surface area contributed by atoms with E-state index in [-0.39, 0.29) is 5.91 Å². The predicted molar refractivity (Wildman–Crippen MR) is 86.2 cm³/mol. The SMILES string of the molecule is Cc1cc(/C=C2\SC(=S)NC2=O)ccc1NCCC#N. The van der Waals surface area contributed by atoms with Gasteiger partial charge in [-0.15, -0.1) is 0 Å². The van der Waals surface area contributed by atoms with Crippen molar-refractivity contribution in [1.29, 1.82) is 5.26 Å². The molecule has 0 aromatic heterocycles. The third-order valence-corrected chi connectivity index (χ3v) is 3.91. The lowest BCUT2D eigenvalue weighted by Crippen LogP contribution is -2.17. The summed E-state index contributed by atoms with van der Waals surface area (Å²) < 4.78 is 0.493. The number of nitrogens with zero attached hydrogens (tertiary/aromatic N) is 1. The van der Waals surface area contributed by atoms with Crippen molar-refractivity contribution in [3.63, 3.8) is 0 Å². The Morgan fingerprint density at radius 1 is 1.55 bits per heavy atom. The topological polar surface area (TPSA) is 64.9 Å². The zero-order valence-electron chi connectivity index (χ0n) is 10.9. The van der Waals surface area contributed by atoms with E-state index in [1.54, 1.807) is 0 Å². The minimum absolute atomic E-state index is 0.145. The second-order valence-electron chi connectivity index (χ2n) is 4.26. The van der Waals surface area contributed by atoms with Gasteiger partial charge in [-0.3, -0.25) is 4.79 Å². The zero-order valence-corrected chi connectivity index (χ0v) is 12.5. The summed E-state index contributed by atoms with van der Waals surface area (Å²) in [5.74, 6) is -0.145. The summed E-state index contributed by atoms with van der Waals surface area (Å²) in [5.41, 5.74) is 3.03. The predicted octanol–water partition coefficient (Wildman–Crippen LogP) is 2.81. The summed E-state index contributed by atoms with van der Waals surface area (Å²) in [6.07, 6.45) is 2.30. The summed E-state index contributed by atoms with van der Waals surface area (Å²) in [5, 5.41) is 14.3. The molecular formula is C14H13N3OS2. The number of thioether (sulfide) groups is 1. The molecule has 6 heteroatoms. The average molecular weight is 303 g/mol. The Morgan fingerprint density at radius 2 is 2.35 bits per heavy atom. The van der Waals surface area contributed by atoms with Gasteiger partial charge in [0.25, 0.3) is 5.91 Å². The second-order valence-corrected chi connectivity index (χ2v) is 5.98.